The van der Waals surface area contributed by atoms with Crippen LogP contribution in [-0.2, 0) is 16.2 Å². The molecule has 0 bridgehead atoms. The van der Waals surface area contributed by atoms with Crippen LogP contribution in [0.15, 0.2) is 77.7 Å². The van der Waals surface area contributed by atoms with Gasteiger partial charge in [0.1, 0.15) is 24.7 Å². The predicted octanol–water partition coefficient (Wildman–Crippen LogP) is 5.39. The molecule has 1 aliphatic rings. The van der Waals surface area contributed by atoms with Crippen LogP contribution in [0.1, 0.15) is 16.7 Å². The second kappa shape index (κ2) is 10.4. The van der Waals surface area contributed by atoms with E-state index in [2.05, 4.69) is 5.32 Å². The number of imide groups is 1. The summed E-state index contributed by atoms with van der Waals surface area (Å²) in [5, 5.41) is 2.01. The summed E-state index contributed by atoms with van der Waals surface area (Å²) in [4.78, 5) is 38.6. The van der Waals surface area contributed by atoms with Crippen molar-refractivity contribution in [3.63, 3.8) is 0 Å². The molecule has 1 heterocycles. The minimum atomic E-state index is -0.558. The number of hydrogen-bond donors (Lipinski definition) is 1. The number of hydrogen-bond acceptors (Lipinski definition) is 5. The summed E-state index contributed by atoms with van der Waals surface area (Å²) in [5.74, 6) is -0.976. The number of para-hydroxylation sites is 1. The van der Waals surface area contributed by atoms with Crippen molar-refractivity contribution in [3.05, 3.63) is 100 Å². The smallest absolute Gasteiger partial charge is 0.294 e. The van der Waals surface area contributed by atoms with E-state index in [0.717, 1.165) is 27.8 Å². The number of rotatable bonds is 7. The Hall–Kier alpha value is -3.91. The lowest BCUT2D eigenvalue weighted by Crippen LogP contribution is -2.36. The molecule has 172 valence electrons. The Balaban J connectivity index is 1.44. The molecule has 1 N–H and O–H groups in total. The van der Waals surface area contributed by atoms with Crippen molar-refractivity contribution in [3.8, 4) is 5.75 Å². The number of halogens is 1. The number of carbonyl (C=O) groups is 3. The Morgan fingerprint density at radius 2 is 1.74 bits per heavy atom. The van der Waals surface area contributed by atoms with Crippen molar-refractivity contribution in [2.45, 2.75) is 13.5 Å². The predicted molar refractivity (Wildman–Crippen MR) is 130 cm³/mol. The van der Waals surface area contributed by atoms with Gasteiger partial charge in [0.25, 0.3) is 11.1 Å². The molecule has 0 saturated carbocycles. The van der Waals surface area contributed by atoms with E-state index >= 15 is 0 Å². The fraction of sp³-hybridized carbons (Fsp3) is 0.115. The van der Waals surface area contributed by atoms with Crippen molar-refractivity contribution in [1.82, 2.24) is 4.90 Å². The zero-order valence-corrected chi connectivity index (χ0v) is 19.1. The van der Waals surface area contributed by atoms with Gasteiger partial charge >= 0.3 is 0 Å². The first-order chi connectivity index (χ1) is 16.4. The fourth-order valence-corrected chi connectivity index (χ4v) is 4.06. The molecule has 0 spiro atoms. The molecule has 1 fully saturated rings. The maximum Gasteiger partial charge on any atom is 0.294 e. The number of carbonyl (C=O) groups excluding carboxylic acids is 3. The van der Waals surface area contributed by atoms with Crippen molar-refractivity contribution >= 4 is 40.6 Å². The van der Waals surface area contributed by atoms with Gasteiger partial charge in [-0.3, -0.25) is 19.3 Å². The van der Waals surface area contributed by atoms with Gasteiger partial charge in [0.2, 0.25) is 5.91 Å². The van der Waals surface area contributed by atoms with E-state index < -0.39 is 29.4 Å². The van der Waals surface area contributed by atoms with Gasteiger partial charge in [0.05, 0.1) is 4.91 Å². The number of ether oxygens (including phenoxy) is 1. The molecule has 0 atom stereocenters. The molecule has 0 aliphatic carbocycles. The highest BCUT2D eigenvalue weighted by atomic mass is 32.2. The second-order valence-corrected chi connectivity index (χ2v) is 8.63. The lowest BCUT2D eigenvalue weighted by molar-refractivity contribution is -0.127. The number of benzene rings is 3. The van der Waals surface area contributed by atoms with E-state index in [1.54, 1.807) is 18.2 Å². The van der Waals surface area contributed by atoms with Crippen LogP contribution in [0.5, 0.6) is 5.75 Å². The van der Waals surface area contributed by atoms with Gasteiger partial charge in [0.15, 0.2) is 0 Å². The van der Waals surface area contributed by atoms with Crippen LogP contribution in [0.2, 0.25) is 0 Å². The molecule has 0 unspecified atom stereocenters. The Morgan fingerprint density at radius 1 is 1.03 bits per heavy atom. The van der Waals surface area contributed by atoms with Crippen LogP contribution < -0.4 is 10.1 Å². The Morgan fingerprint density at radius 3 is 2.47 bits per heavy atom. The molecule has 0 radical (unpaired) electrons. The number of nitrogens with zero attached hydrogens (tertiary/aromatic N) is 1. The molecule has 34 heavy (non-hydrogen) atoms. The third-order valence-electron chi connectivity index (χ3n) is 5.02. The molecule has 6 nitrogen and oxygen atoms in total. The lowest BCUT2D eigenvalue weighted by Gasteiger charge is -2.12. The van der Waals surface area contributed by atoms with Crippen LogP contribution in [0.3, 0.4) is 0 Å². The first-order valence-electron chi connectivity index (χ1n) is 10.5. The monoisotopic (exact) mass is 476 g/mol. The average molecular weight is 477 g/mol. The van der Waals surface area contributed by atoms with Crippen molar-refractivity contribution in [2.75, 3.05) is 11.9 Å². The Kier molecular flexibility index (Phi) is 7.08. The maximum atomic E-state index is 13.0. The van der Waals surface area contributed by atoms with Gasteiger partial charge in [0, 0.05) is 11.3 Å². The zero-order chi connectivity index (χ0) is 24.1. The normalized spacial score (nSPS) is 14.5. The Bertz CT molecular complexity index is 1260. The van der Waals surface area contributed by atoms with E-state index in [1.165, 1.54) is 24.3 Å². The maximum absolute atomic E-state index is 13.0. The quantitative estimate of drug-likeness (QED) is 0.463. The molecule has 3 amide bonds. The minimum absolute atomic E-state index is 0.200. The van der Waals surface area contributed by atoms with E-state index in [9.17, 15) is 18.8 Å². The number of aryl methyl sites for hydroxylation is 1. The number of nitrogens with one attached hydrogen (secondary N) is 1. The van der Waals surface area contributed by atoms with Gasteiger partial charge in [-0.25, -0.2) is 4.39 Å². The standard InChI is InChI=1S/C26H21FN2O4S/c1-17-6-8-18(9-7-17)16-33-22-5-3-2-4-19(22)14-23-25(31)29(26(32)34-23)15-24(30)28-21-12-10-20(27)11-13-21/h2-14H,15-16H2,1H3,(H,28,30)/b23-14-. The minimum Gasteiger partial charge on any atom is -0.488 e. The van der Waals surface area contributed by atoms with Crippen molar-refractivity contribution in [1.29, 1.82) is 0 Å². The van der Waals surface area contributed by atoms with Gasteiger partial charge < -0.3 is 10.1 Å². The summed E-state index contributed by atoms with van der Waals surface area (Å²) in [7, 11) is 0. The highest BCUT2D eigenvalue weighted by molar-refractivity contribution is 8.18. The Labute approximate surface area is 200 Å². The van der Waals surface area contributed by atoms with Crippen LogP contribution in [0.25, 0.3) is 6.08 Å². The summed E-state index contributed by atoms with van der Waals surface area (Å²) in [5.41, 5.74) is 3.18. The van der Waals surface area contributed by atoms with E-state index in [4.69, 9.17) is 4.74 Å². The van der Waals surface area contributed by atoms with Crippen LogP contribution in [0.4, 0.5) is 14.9 Å². The highest BCUT2D eigenvalue weighted by Crippen LogP contribution is 2.34. The van der Waals surface area contributed by atoms with Crippen molar-refractivity contribution in [2.24, 2.45) is 0 Å². The summed E-state index contributed by atoms with van der Waals surface area (Å²) < 4.78 is 19.0. The number of anilines is 1. The SMILES string of the molecule is Cc1ccc(COc2ccccc2/C=C2\SC(=O)N(CC(=O)Nc3ccc(F)cc3)C2=O)cc1. The first-order valence-corrected chi connectivity index (χ1v) is 11.3. The fourth-order valence-electron chi connectivity index (χ4n) is 3.23. The molecule has 1 aliphatic heterocycles. The molecular formula is C26H21FN2O4S. The van der Waals surface area contributed by atoms with Crippen LogP contribution in [-0.4, -0.2) is 28.5 Å². The van der Waals surface area contributed by atoms with Gasteiger partial charge in [-0.1, -0.05) is 48.0 Å². The molecule has 3 aromatic carbocycles. The number of amides is 3. The van der Waals surface area contributed by atoms with Gasteiger partial charge in [-0.2, -0.15) is 0 Å². The van der Waals surface area contributed by atoms with Crippen LogP contribution in [0, 0.1) is 12.7 Å². The highest BCUT2D eigenvalue weighted by Gasteiger charge is 2.36. The zero-order valence-electron chi connectivity index (χ0n) is 18.3. The largest absolute Gasteiger partial charge is 0.488 e. The number of thioether (sulfide) groups is 1. The summed E-state index contributed by atoms with van der Waals surface area (Å²) >= 11 is 0.765. The third-order valence-corrected chi connectivity index (χ3v) is 5.93. The van der Waals surface area contributed by atoms with Crippen LogP contribution >= 0.6 is 11.8 Å². The van der Waals surface area contributed by atoms with Gasteiger partial charge in [-0.05, 0) is 60.7 Å². The van der Waals surface area contributed by atoms with E-state index in [1.807, 2.05) is 43.3 Å². The third kappa shape index (κ3) is 5.71. The summed E-state index contributed by atoms with van der Waals surface area (Å²) in [6, 6.07) is 20.4. The molecule has 3 aromatic rings. The molecule has 4 rings (SSSR count). The first kappa shape index (κ1) is 23.3. The molecular weight excluding hydrogens is 455 g/mol. The van der Waals surface area contributed by atoms with E-state index in [0.29, 0.717) is 23.6 Å². The topological polar surface area (TPSA) is 75.7 Å². The summed E-state index contributed by atoms with van der Waals surface area (Å²) in [6.07, 6.45) is 1.59. The van der Waals surface area contributed by atoms with Gasteiger partial charge in [-0.15, -0.1) is 0 Å². The second-order valence-electron chi connectivity index (χ2n) is 7.64. The average Bonchev–Trinajstić information content (AvgIpc) is 3.08. The molecule has 1 saturated heterocycles. The van der Waals surface area contributed by atoms with E-state index in [-0.39, 0.29) is 4.91 Å². The molecule has 0 aromatic heterocycles. The molecule has 8 heteroatoms. The summed E-state index contributed by atoms with van der Waals surface area (Å²) in [6.45, 7) is 1.93. The lowest BCUT2D eigenvalue weighted by atomic mass is 10.1. The van der Waals surface area contributed by atoms with Crippen molar-refractivity contribution < 1.29 is 23.5 Å².